The van der Waals surface area contributed by atoms with E-state index in [-0.39, 0.29) is 11.1 Å². The number of benzene rings is 1. The molecular weight excluding hydrogens is 466 g/mol. The van der Waals surface area contributed by atoms with Crippen LogP contribution in [0.2, 0.25) is 0 Å². The maximum Gasteiger partial charge on any atom is 0.290 e. The van der Waals surface area contributed by atoms with Gasteiger partial charge in [-0.1, -0.05) is 18.2 Å². The minimum absolute atomic E-state index is 0.351. The third-order valence-electron chi connectivity index (χ3n) is 6.03. The molecule has 0 saturated carbocycles. The Morgan fingerprint density at radius 3 is 2.79 bits per heavy atom. The number of amides is 2. The van der Waals surface area contributed by atoms with Crippen molar-refractivity contribution < 1.29 is 9.59 Å². The Kier molecular flexibility index (Phi) is 7.03. The molecule has 2 amide bonds. The lowest BCUT2D eigenvalue weighted by Gasteiger charge is -2.32. The van der Waals surface area contributed by atoms with E-state index >= 15 is 0 Å². The van der Waals surface area contributed by atoms with Crippen LogP contribution in [0.3, 0.4) is 0 Å². The van der Waals surface area contributed by atoms with Crippen molar-refractivity contribution in [2.75, 3.05) is 24.5 Å². The zero-order valence-corrected chi connectivity index (χ0v) is 20.2. The van der Waals surface area contributed by atoms with Crippen LogP contribution in [0.4, 0.5) is 10.7 Å². The number of thioether (sulfide) groups is 1. The SMILES string of the molecule is O=C1NC(=O)/C(=C\c2ccnc(N3CCC(CNCc4cccc(-c5ccsc5)c4)CC3)n2)S1. The number of piperidine rings is 1. The number of hydrogen-bond acceptors (Lipinski definition) is 8. The van der Waals surface area contributed by atoms with Gasteiger partial charge in [-0.3, -0.25) is 14.9 Å². The molecule has 2 N–H and O–H groups in total. The van der Waals surface area contributed by atoms with Gasteiger partial charge in [0.05, 0.1) is 10.6 Å². The van der Waals surface area contributed by atoms with Crippen molar-refractivity contribution >= 4 is 46.3 Å². The molecule has 2 aliphatic rings. The van der Waals surface area contributed by atoms with Gasteiger partial charge in [0.1, 0.15) is 0 Å². The van der Waals surface area contributed by atoms with E-state index in [4.69, 9.17) is 0 Å². The summed E-state index contributed by atoms with van der Waals surface area (Å²) in [5.41, 5.74) is 4.48. The second kappa shape index (κ2) is 10.5. The minimum Gasteiger partial charge on any atom is -0.341 e. The lowest BCUT2D eigenvalue weighted by molar-refractivity contribution is -0.115. The van der Waals surface area contributed by atoms with Gasteiger partial charge in [0, 0.05) is 25.8 Å². The molecule has 4 heterocycles. The van der Waals surface area contributed by atoms with Crippen molar-refractivity contribution in [3.8, 4) is 11.1 Å². The Hall–Kier alpha value is -3.01. The Morgan fingerprint density at radius 2 is 2.03 bits per heavy atom. The molecule has 2 saturated heterocycles. The second-order valence-corrected chi connectivity index (χ2v) is 10.2. The highest BCUT2D eigenvalue weighted by Crippen LogP contribution is 2.26. The molecule has 2 aliphatic heterocycles. The number of rotatable bonds is 7. The number of carbonyl (C=O) groups excluding carboxylic acids is 2. The lowest BCUT2D eigenvalue weighted by atomic mass is 9.97. The fourth-order valence-corrected chi connectivity index (χ4v) is 5.53. The fourth-order valence-electron chi connectivity index (χ4n) is 4.20. The van der Waals surface area contributed by atoms with Crippen molar-refractivity contribution in [3.63, 3.8) is 0 Å². The maximum atomic E-state index is 11.8. The average Bonchev–Trinajstić information content (AvgIpc) is 3.50. The van der Waals surface area contributed by atoms with E-state index in [1.54, 1.807) is 29.7 Å². The van der Waals surface area contributed by atoms with E-state index < -0.39 is 0 Å². The summed E-state index contributed by atoms with van der Waals surface area (Å²) in [4.78, 5) is 34.7. The third kappa shape index (κ3) is 5.55. The number of thiophene rings is 1. The van der Waals surface area contributed by atoms with E-state index in [9.17, 15) is 9.59 Å². The lowest BCUT2D eigenvalue weighted by Crippen LogP contribution is -2.38. The fraction of sp³-hybridized carbons (Fsp3) is 0.280. The molecule has 0 radical (unpaired) electrons. The first-order chi connectivity index (χ1) is 16.6. The Labute approximate surface area is 206 Å². The molecule has 0 unspecified atom stereocenters. The summed E-state index contributed by atoms with van der Waals surface area (Å²) in [5, 5.41) is 9.84. The monoisotopic (exact) mass is 491 g/mol. The molecule has 2 fully saturated rings. The molecule has 2 aromatic heterocycles. The van der Waals surface area contributed by atoms with Crippen LogP contribution in [0.1, 0.15) is 24.1 Å². The zero-order valence-electron chi connectivity index (χ0n) is 18.6. The number of aromatic nitrogens is 2. The molecule has 7 nitrogen and oxygen atoms in total. The minimum atomic E-state index is -0.373. The van der Waals surface area contributed by atoms with Gasteiger partial charge in [-0.2, -0.15) is 11.3 Å². The number of imide groups is 1. The summed E-state index contributed by atoms with van der Waals surface area (Å²) >= 11 is 2.62. The maximum absolute atomic E-state index is 11.8. The van der Waals surface area contributed by atoms with Crippen molar-refractivity contribution in [2.24, 2.45) is 5.92 Å². The quantitative estimate of drug-likeness (QED) is 0.469. The van der Waals surface area contributed by atoms with Gasteiger partial charge in [-0.25, -0.2) is 9.97 Å². The Bertz CT molecular complexity index is 1200. The summed E-state index contributed by atoms with van der Waals surface area (Å²) in [7, 11) is 0. The molecule has 0 spiro atoms. The molecule has 0 bridgehead atoms. The number of carbonyl (C=O) groups is 2. The highest BCUT2D eigenvalue weighted by molar-refractivity contribution is 8.18. The van der Waals surface area contributed by atoms with E-state index in [2.05, 4.69) is 66.6 Å². The predicted molar refractivity (Wildman–Crippen MR) is 138 cm³/mol. The molecule has 3 aromatic rings. The molecular formula is C25H25N5O2S2. The number of anilines is 1. The molecule has 5 rings (SSSR count). The standard InChI is InChI=1S/C25H25N5O2S2/c31-23-22(34-25(32)29-23)13-21-4-8-27-24(28-21)30-9-5-17(6-10-30)14-26-15-18-2-1-3-19(12-18)20-7-11-33-16-20/h1-4,7-8,11-13,16-17,26H,5-6,9-10,14-15H2,(H,29,31,32)/b22-13+. The molecule has 9 heteroatoms. The van der Waals surface area contributed by atoms with Gasteiger partial charge in [-0.05, 0) is 88.8 Å². The van der Waals surface area contributed by atoms with Gasteiger partial charge >= 0.3 is 0 Å². The van der Waals surface area contributed by atoms with Gasteiger partial charge in [0.15, 0.2) is 0 Å². The summed E-state index contributed by atoms with van der Waals surface area (Å²) in [6.07, 6.45) is 5.48. The third-order valence-corrected chi connectivity index (χ3v) is 7.52. The number of nitrogens with zero attached hydrogens (tertiary/aromatic N) is 3. The molecule has 0 atom stereocenters. The predicted octanol–water partition coefficient (Wildman–Crippen LogP) is 4.54. The first-order valence-electron chi connectivity index (χ1n) is 11.3. The average molecular weight is 492 g/mol. The van der Waals surface area contributed by atoms with Crippen LogP contribution in [-0.2, 0) is 11.3 Å². The van der Waals surface area contributed by atoms with Crippen molar-refractivity contribution in [2.45, 2.75) is 19.4 Å². The van der Waals surface area contributed by atoms with Crippen LogP contribution in [0, 0.1) is 5.92 Å². The van der Waals surface area contributed by atoms with Crippen molar-refractivity contribution in [1.82, 2.24) is 20.6 Å². The van der Waals surface area contributed by atoms with Gasteiger partial charge in [0.25, 0.3) is 11.1 Å². The second-order valence-electron chi connectivity index (χ2n) is 8.41. The van der Waals surface area contributed by atoms with Crippen LogP contribution in [0.25, 0.3) is 17.2 Å². The largest absolute Gasteiger partial charge is 0.341 e. The Balaban J connectivity index is 1.11. The highest BCUT2D eigenvalue weighted by atomic mass is 32.2. The molecule has 174 valence electrons. The summed E-state index contributed by atoms with van der Waals surface area (Å²) in [6, 6.07) is 12.6. The molecule has 34 heavy (non-hydrogen) atoms. The Morgan fingerprint density at radius 1 is 1.15 bits per heavy atom. The van der Waals surface area contributed by atoms with Crippen LogP contribution in [0.5, 0.6) is 0 Å². The van der Waals surface area contributed by atoms with E-state index in [1.807, 2.05) is 0 Å². The number of nitrogens with one attached hydrogen (secondary N) is 2. The highest BCUT2D eigenvalue weighted by Gasteiger charge is 2.25. The van der Waals surface area contributed by atoms with E-state index in [0.717, 1.165) is 50.8 Å². The van der Waals surface area contributed by atoms with E-state index in [1.165, 1.54) is 16.7 Å². The van der Waals surface area contributed by atoms with Gasteiger partial charge in [0.2, 0.25) is 5.95 Å². The molecule has 0 aliphatic carbocycles. The van der Waals surface area contributed by atoms with Crippen LogP contribution < -0.4 is 15.5 Å². The first kappa shape index (κ1) is 22.8. The zero-order chi connectivity index (χ0) is 23.3. The number of hydrogen-bond donors (Lipinski definition) is 2. The summed E-state index contributed by atoms with van der Waals surface area (Å²) in [5.74, 6) is 0.911. The van der Waals surface area contributed by atoms with Gasteiger partial charge in [-0.15, -0.1) is 0 Å². The normalized spacial score (nSPS) is 18.0. The summed E-state index contributed by atoms with van der Waals surface area (Å²) < 4.78 is 0. The molecule has 1 aromatic carbocycles. The first-order valence-corrected chi connectivity index (χ1v) is 13.0. The van der Waals surface area contributed by atoms with Crippen molar-refractivity contribution in [3.05, 3.63) is 69.5 Å². The summed E-state index contributed by atoms with van der Waals surface area (Å²) in [6.45, 7) is 3.65. The topological polar surface area (TPSA) is 87.2 Å². The van der Waals surface area contributed by atoms with Crippen LogP contribution >= 0.6 is 23.1 Å². The van der Waals surface area contributed by atoms with Crippen LogP contribution in [0.15, 0.2) is 58.3 Å². The van der Waals surface area contributed by atoms with Crippen molar-refractivity contribution in [1.29, 1.82) is 0 Å². The smallest absolute Gasteiger partial charge is 0.290 e. The van der Waals surface area contributed by atoms with Gasteiger partial charge < -0.3 is 10.2 Å². The van der Waals surface area contributed by atoms with Crippen LogP contribution in [-0.4, -0.2) is 40.7 Å². The van der Waals surface area contributed by atoms with E-state index in [0.29, 0.717) is 22.5 Å².